The third kappa shape index (κ3) is 3.16. The summed E-state index contributed by atoms with van der Waals surface area (Å²) in [5, 5.41) is 0. The van der Waals surface area contributed by atoms with Crippen LogP contribution in [0.1, 0.15) is 29.3 Å². The number of rotatable bonds is 4. The molecule has 1 aromatic carbocycles. The normalized spacial score (nSPS) is 10.6. The minimum atomic E-state index is -0.126. The van der Waals surface area contributed by atoms with Gasteiger partial charge in [0.1, 0.15) is 11.4 Å². The molecule has 0 aliphatic heterocycles. The molecule has 1 N–H and O–H groups in total. The van der Waals surface area contributed by atoms with Gasteiger partial charge in [0.15, 0.2) is 5.75 Å². The second-order valence-electron chi connectivity index (χ2n) is 5.91. The van der Waals surface area contributed by atoms with Crippen LogP contribution in [-0.2, 0) is 6.42 Å². The Morgan fingerprint density at radius 3 is 2.18 bits per heavy atom. The van der Waals surface area contributed by atoms with Crippen molar-refractivity contribution in [1.29, 1.82) is 0 Å². The maximum atomic E-state index is 12.3. The van der Waals surface area contributed by atoms with E-state index in [2.05, 4.69) is 18.0 Å². The lowest BCUT2D eigenvalue weighted by Crippen LogP contribution is -2.23. The molecule has 1 heterocycles. The fourth-order valence-electron chi connectivity index (χ4n) is 2.77. The number of aromatic amines is 1. The summed E-state index contributed by atoms with van der Waals surface area (Å²) in [4.78, 5) is 17.0. The van der Waals surface area contributed by atoms with Gasteiger partial charge in [-0.05, 0) is 50.5 Å². The number of nitrogens with zero attached hydrogens (tertiary/aromatic N) is 1. The van der Waals surface area contributed by atoms with Crippen molar-refractivity contribution in [1.82, 2.24) is 4.98 Å². The third-order valence-electron chi connectivity index (χ3n) is 3.67. The molecule has 22 heavy (non-hydrogen) atoms. The Hall–Kier alpha value is -2.23. The van der Waals surface area contributed by atoms with E-state index in [0.29, 0.717) is 11.4 Å². The van der Waals surface area contributed by atoms with Crippen molar-refractivity contribution in [2.75, 3.05) is 19.0 Å². The van der Waals surface area contributed by atoms with Crippen molar-refractivity contribution < 1.29 is 4.74 Å². The lowest BCUT2D eigenvalue weighted by Gasteiger charge is -2.21. The van der Waals surface area contributed by atoms with E-state index in [1.807, 2.05) is 47.0 Å². The first-order valence-electron chi connectivity index (χ1n) is 7.52. The molecule has 1 aromatic heterocycles. The standard InChI is InChI=1S/C18H24N2O2/c1-7-15-13(4)19-18(21)16(20(5)6)17(15)22-14-9-11(2)8-12(3)10-14/h8-10H,7H2,1-6H3,(H,19,21). The highest BCUT2D eigenvalue weighted by Crippen LogP contribution is 2.34. The molecular weight excluding hydrogens is 276 g/mol. The molecule has 2 aromatic rings. The molecule has 0 spiro atoms. The summed E-state index contributed by atoms with van der Waals surface area (Å²) >= 11 is 0. The molecule has 118 valence electrons. The molecule has 4 nitrogen and oxygen atoms in total. The van der Waals surface area contributed by atoms with Gasteiger partial charge in [-0.25, -0.2) is 0 Å². The SMILES string of the molecule is CCc1c(C)[nH]c(=O)c(N(C)C)c1Oc1cc(C)cc(C)c1. The Labute approximate surface area is 131 Å². The third-order valence-corrected chi connectivity index (χ3v) is 3.67. The zero-order valence-electron chi connectivity index (χ0n) is 14.2. The van der Waals surface area contributed by atoms with E-state index in [4.69, 9.17) is 4.74 Å². The van der Waals surface area contributed by atoms with Gasteiger partial charge in [0.25, 0.3) is 5.56 Å². The highest BCUT2D eigenvalue weighted by Gasteiger charge is 2.18. The Morgan fingerprint density at radius 2 is 1.68 bits per heavy atom. The molecule has 0 amide bonds. The lowest BCUT2D eigenvalue weighted by molar-refractivity contribution is 0.474. The molecule has 0 saturated heterocycles. The van der Waals surface area contributed by atoms with Crippen LogP contribution in [0, 0.1) is 20.8 Å². The van der Waals surface area contributed by atoms with Crippen LogP contribution in [0.5, 0.6) is 11.5 Å². The summed E-state index contributed by atoms with van der Waals surface area (Å²) in [5.74, 6) is 1.42. The van der Waals surface area contributed by atoms with Crippen LogP contribution >= 0.6 is 0 Å². The molecular formula is C18H24N2O2. The average molecular weight is 300 g/mol. The van der Waals surface area contributed by atoms with E-state index in [-0.39, 0.29) is 5.56 Å². The molecule has 4 heteroatoms. The predicted molar refractivity (Wildman–Crippen MR) is 91.5 cm³/mol. The minimum Gasteiger partial charge on any atom is -0.455 e. The van der Waals surface area contributed by atoms with Crippen molar-refractivity contribution in [2.45, 2.75) is 34.1 Å². The van der Waals surface area contributed by atoms with E-state index in [9.17, 15) is 4.79 Å². The van der Waals surface area contributed by atoms with Gasteiger partial charge in [-0.2, -0.15) is 0 Å². The maximum absolute atomic E-state index is 12.3. The number of aryl methyl sites for hydroxylation is 3. The summed E-state index contributed by atoms with van der Waals surface area (Å²) in [6.07, 6.45) is 0.795. The second kappa shape index (κ2) is 6.26. The number of aromatic nitrogens is 1. The zero-order chi connectivity index (χ0) is 16.4. The van der Waals surface area contributed by atoms with Gasteiger partial charge in [0, 0.05) is 25.4 Å². The van der Waals surface area contributed by atoms with E-state index in [0.717, 1.165) is 34.6 Å². The van der Waals surface area contributed by atoms with Crippen LogP contribution in [0.15, 0.2) is 23.0 Å². The highest BCUT2D eigenvalue weighted by atomic mass is 16.5. The van der Waals surface area contributed by atoms with E-state index >= 15 is 0 Å². The number of anilines is 1. The number of hydrogen-bond acceptors (Lipinski definition) is 3. The molecule has 0 aliphatic rings. The van der Waals surface area contributed by atoms with Gasteiger partial charge in [0.05, 0.1) is 0 Å². The van der Waals surface area contributed by atoms with Gasteiger partial charge < -0.3 is 14.6 Å². The van der Waals surface area contributed by atoms with Crippen molar-refractivity contribution in [3.63, 3.8) is 0 Å². The largest absolute Gasteiger partial charge is 0.455 e. The molecule has 0 unspecified atom stereocenters. The first-order valence-corrected chi connectivity index (χ1v) is 7.52. The summed E-state index contributed by atoms with van der Waals surface area (Å²) in [6, 6.07) is 6.08. The number of pyridine rings is 1. The summed E-state index contributed by atoms with van der Waals surface area (Å²) in [7, 11) is 3.71. The van der Waals surface area contributed by atoms with Crippen LogP contribution in [0.3, 0.4) is 0 Å². The smallest absolute Gasteiger partial charge is 0.275 e. The lowest BCUT2D eigenvalue weighted by atomic mass is 10.1. The highest BCUT2D eigenvalue weighted by molar-refractivity contribution is 5.62. The summed E-state index contributed by atoms with van der Waals surface area (Å²) in [6.45, 7) is 8.05. The minimum absolute atomic E-state index is 0.126. The Bertz CT molecular complexity index is 725. The number of ether oxygens (including phenoxy) is 1. The zero-order valence-corrected chi connectivity index (χ0v) is 14.2. The van der Waals surface area contributed by atoms with Crippen molar-refractivity contribution in [3.8, 4) is 11.5 Å². The number of benzene rings is 1. The van der Waals surface area contributed by atoms with Crippen LogP contribution in [0.4, 0.5) is 5.69 Å². The van der Waals surface area contributed by atoms with E-state index in [1.165, 1.54) is 0 Å². The maximum Gasteiger partial charge on any atom is 0.275 e. The Morgan fingerprint density at radius 1 is 1.09 bits per heavy atom. The van der Waals surface area contributed by atoms with Gasteiger partial charge in [-0.1, -0.05) is 13.0 Å². The van der Waals surface area contributed by atoms with E-state index < -0.39 is 0 Å². The monoisotopic (exact) mass is 300 g/mol. The van der Waals surface area contributed by atoms with Crippen molar-refractivity contribution in [3.05, 3.63) is 50.9 Å². The summed E-state index contributed by atoms with van der Waals surface area (Å²) < 4.78 is 6.15. The van der Waals surface area contributed by atoms with Crippen LogP contribution in [-0.4, -0.2) is 19.1 Å². The molecule has 0 atom stereocenters. The van der Waals surface area contributed by atoms with Gasteiger partial charge in [-0.15, -0.1) is 0 Å². The first kappa shape index (κ1) is 16.1. The molecule has 2 rings (SSSR count). The van der Waals surface area contributed by atoms with Crippen molar-refractivity contribution >= 4 is 5.69 Å². The molecule has 0 saturated carbocycles. The topological polar surface area (TPSA) is 45.3 Å². The van der Waals surface area contributed by atoms with Crippen molar-refractivity contribution in [2.24, 2.45) is 0 Å². The molecule has 0 fully saturated rings. The predicted octanol–water partition coefficient (Wildman–Crippen LogP) is 3.72. The van der Waals surface area contributed by atoms with Gasteiger partial charge in [0.2, 0.25) is 0 Å². The van der Waals surface area contributed by atoms with Crippen LogP contribution < -0.4 is 15.2 Å². The van der Waals surface area contributed by atoms with Crippen LogP contribution in [0.2, 0.25) is 0 Å². The number of nitrogens with one attached hydrogen (secondary N) is 1. The summed E-state index contributed by atoms with van der Waals surface area (Å²) in [5.41, 5.74) is 4.60. The number of hydrogen-bond donors (Lipinski definition) is 1. The second-order valence-corrected chi connectivity index (χ2v) is 5.91. The number of H-pyrrole nitrogens is 1. The molecule has 0 aliphatic carbocycles. The Kier molecular flexibility index (Phi) is 4.59. The van der Waals surface area contributed by atoms with Gasteiger partial charge >= 0.3 is 0 Å². The molecule has 0 bridgehead atoms. The fraction of sp³-hybridized carbons (Fsp3) is 0.389. The fourth-order valence-corrected chi connectivity index (χ4v) is 2.77. The molecule has 0 radical (unpaired) electrons. The average Bonchev–Trinajstić information content (AvgIpc) is 2.36. The Balaban J connectivity index is 2.64. The quantitative estimate of drug-likeness (QED) is 0.936. The van der Waals surface area contributed by atoms with Crippen LogP contribution in [0.25, 0.3) is 0 Å². The first-order chi connectivity index (χ1) is 10.3. The van der Waals surface area contributed by atoms with Gasteiger partial charge in [-0.3, -0.25) is 4.79 Å². The van der Waals surface area contributed by atoms with E-state index in [1.54, 1.807) is 4.90 Å².